The predicted molar refractivity (Wildman–Crippen MR) is 19.6 cm³/mol. The van der Waals surface area contributed by atoms with Gasteiger partial charge in [0.15, 0.2) is 17.4 Å². The van der Waals surface area contributed by atoms with E-state index >= 15 is 0 Å². The predicted octanol–water partition coefficient (Wildman–Crippen LogP) is -1.21. The second-order valence-corrected chi connectivity index (χ2v) is 0. The molecule has 0 fully saturated rings. The number of hydrogen-bond donors (Lipinski definition) is 0. The van der Waals surface area contributed by atoms with Gasteiger partial charge in [0, 0.05) is 6.15 Å². The summed E-state index contributed by atoms with van der Waals surface area (Å²) >= 11 is 0. The molecule has 0 aromatic rings. The van der Waals surface area contributed by atoms with E-state index in [0.717, 1.165) is 0 Å². The Labute approximate surface area is 38.6 Å². The van der Waals surface area contributed by atoms with Crippen molar-refractivity contribution in [1.82, 2.24) is 6.15 Å². The summed E-state index contributed by atoms with van der Waals surface area (Å²) < 4.78 is 0. The molecular formula is H6AlF3N. The molecular weight excluding hydrogens is 98.0 g/mol. The first-order chi connectivity index (χ1) is 0. The molecule has 0 aromatic heterocycles. The van der Waals surface area contributed by atoms with Crippen molar-refractivity contribution in [3.8, 4) is 0 Å². The van der Waals surface area contributed by atoms with Crippen LogP contribution in [0.4, 0.5) is 14.1 Å². The summed E-state index contributed by atoms with van der Waals surface area (Å²) in [5.41, 5.74) is 0. The third-order valence-corrected chi connectivity index (χ3v) is 0. The van der Waals surface area contributed by atoms with Crippen molar-refractivity contribution >= 4 is 17.4 Å². The highest BCUT2D eigenvalue weighted by Crippen LogP contribution is 0.422. The minimum absolute atomic E-state index is 0. The molecule has 0 saturated carbocycles. The number of hydrogen-bond acceptors (Lipinski definition) is 0. The summed E-state index contributed by atoms with van der Waals surface area (Å²) in [6.45, 7) is 0. The fourth-order valence-corrected chi connectivity index (χ4v) is 0. The van der Waals surface area contributed by atoms with Crippen molar-refractivity contribution in [3.05, 3.63) is 0 Å². The highest BCUT2D eigenvalue weighted by atomic mass is 27.0. The molecule has 3 radical (unpaired) electrons. The molecule has 0 N–H and O–H groups in total. The van der Waals surface area contributed by atoms with Gasteiger partial charge in [0.05, 0.1) is 0 Å². The van der Waals surface area contributed by atoms with E-state index in [0.29, 0.717) is 0 Å². The van der Waals surface area contributed by atoms with Gasteiger partial charge < -0.3 is 0 Å². The Hall–Kier alpha value is 0.282. The van der Waals surface area contributed by atoms with E-state index in [1.165, 1.54) is 0 Å². The molecule has 0 bridgehead atoms. The van der Waals surface area contributed by atoms with Crippen LogP contribution in [0, 0.1) is 0 Å². The molecule has 0 rings (SSSR count). The lowest BCUT2D eigenvalue weighted by Crippen LogP contribution is -0.481. The van der Waals surface area contributed by atoms with Crippen LogP contribution in [0.25, 0.3) is 0 Å². The van der Waals surface area contributed by atoms with Gasteiger partial charge in [-0.1, -0.05) is 0 Å². The summed E-state index contributed by atoms with van der Waals surface area (Å²) in [7, 11) is 0. The van der Waals surface area contributed by atoms with Crippen LogP contribution in [0.15, 0.2) is 0 Å². The van der Waals surface area contributed by atoms with Crippen LogP contribution in [0.2, 0.25) is 0 Å². The van der Waals surface area contributed by atoms with Crippen molar-refractivity contribution in [2.75, 3.05) is 0 Å². The maximum Gasteiger partial charge on any atom is 0.187 e. The fraction of sp³-hybridized carbons (Fsp3) is 0. The monoisotopic (exact) mass is 104 g/mol. The third kappa shape index (κ3) is 280. The Morgan fingerprint density at radius 2 is 0.600 bits per heavy atom. The average molecular weight is 104 g/mol. The quantitative estimate of drug-likeness (QED) is 0.345. The topological polar surface area (TPSA) is 30.5 Å². The zero-order chi connectivity index (χ0) is 0. The van der Waals surface area contributed by atoms with Crippen LogP contribution in [-0.4, -0.2) is 17.4 Å². The zero-order valence-electron chi connectivity index (χ0n) is 1.67. The Bertz CT molecular complexity index is 6.85. The second kappa shape index (κ2) is 578. The summed E-state index contributed by atoms with van der Waals surface area (Å²) in [4.78, 5) is 0. The summed E-state index contributed by atoms with van der Waals surface area (Å²) in [5.74, 6) is 0. The molecule has 0 atom stereocenters. The summed E-state index contributed by atoms with van der Waals surface area (Å²) in [5, 5.41) is 0. The van der Waals surface area contributed by atoms with Crippen molar-refractivity contribution < 1.29 is 14.1 Å². The van der Waals surface area contributed by atoms with Gasteiger partial charge in [-0.3, -0.25) is 14.1 Å². The van der Waals surface area contributed by atoms with Gasteiger partial charge in [0.1, 0.15) is 0 Å². The molecule has 0 saturated heterocycles. The van der Waals surface area contributed by atoms with Crippen LogP contribution < -0.4 is 6.15 Å². The third-order valence-electron chi connectivity index (χ3n) is 0. The lowest BCUT2D eigenvalue weighted by atomic mass is 14.0. The van der Waals surface area contributed by atoms with E-state index in [4.69, 9.17) is 0 Å². The maximum absolute atomic E-state index is 0. The first kappa shape index (κ1) is 1210. The molecule has 0 heterocycles. The molecule has 0 aliphatic carbocycles. The number of rotatable bonds is 0. The molecule has 0 amide bonds. The van der Waals surface area contributed by atoms with E-state index in [1.54, 1.807) is 0 Å². The molecule has 0 aliphatic rings. The fourth-order valence-electron chi connectivity index (χ4n) is 0. The van der Waals surface area contributed by atoms with Crippen LogP contribution in [0.3, 0.4) is 0 Å². The standard InChI is InChI=1S/Al.3FH.N.3H/h;3*1H;;;;. The molecule has 1 nitrogen and oxygen atoms in total. The Balaban J connectivity index is 0. The van der Waals surface area contributed by atoms with E-state index in [-0.39, 0.29) is 37.6 Å². The van der Waals surface area contributed by atoms with Gasteiger partial charge in [-0.2, -0.15) is 0 Å². The number of halogens is 3. The van der Waals surface area contributed by atoms with Gasteiger partial charge >= 0.3 is 0 Å². The van der Waals surface area contributed by atoms with Crippen LogP contribution >= 0.6 is 0 Å². The minimum Gasteiger partial charge on any atom is -0.269 e. The van der Waals surface area contributed by atoms with Crippen molar-refractivity contribution in [3.63, 3.8) is 0 Å². The van der Waals surface area contributed by atoms with Crippen LogP contribution in [0.5, 0.6) is 0 Å². The Morgan fingerprint density at radius 1 is 0.600 bits per heavy atom. The first-order valence-corrected chi connectivity index (χ1v) is 0. The Morgan fingerprint density at radius 3 is 0.600 bits per heavy atom. The normalized spacial score (nSPS) is 0. The van der Waals surface area contributed by atoms with E-state index < -0.39 is 0 Å². The molecule has 0 spiro atoms. The molecule has 5 heavy (non-hydrogen) atoms. The molecule has 0 aliphatic heterocycles. The molecule has 5 heteroatoms. The average Bonchev–Trinajstić information content (AvgIpc) is 0. The second-order valence-electron chi connectivity index (χ2n) is 0. The van der Waals surface area contributed by atoms with Gasteiger partial charge in [-0.25, -0.2) is 0 Å². The molecule has 35 valence electrons. The van der Waals surface area contributed by atoms with Crippen LogP contribution in [-0.2, 0) is 0 Å². The zero-order valence-corrected chi connectivity index (χ0v) is 1.67. The van der Waals surface area contributed by atoms with E-state index in [9.17, 15) is 0 Å². The largest absolute Gasteiger partial charge is 0.269 e. The summed E-state index contributed by atoms with van der Waals surface area (Å²) in [6, 6.07) is 0. The SMILES string of the molecule is F.F.F.[AlH3].[N]. The van der Waals surface area contributed by atoms with Crippen molar-refractivity contribution in [2.45, 2.75) is 0 Å². The highest BCUT2D eigenvalue weighted by Gasteiger charge is 0.187. The lowest BCUT2D eigenvalue weighted by Gasteiger charge is -0.270. The van der Waals surface area contributed by atoms with Gasteiger partial charge in [-0.15, -0.1) is 0 Å². The molecule has 0 aromatic carbocycles. The van der Waals surface area contributed by atoms with Crippen LogP contribution in [0.1, 0.15) is 0 Å². The van der Waals surface area contributed by atoms with Gasteiger partial charge in [0.2, 0.25) is 0 Å². The van der Waals surface area contributed by atoms with E-state index in [1.807, 2.05) is 0 Å². The van der Waals surface area contributed by atoms with Gasteiger partial charge in [-0.05, 0) is 0 Å². The highest BCUT2D eigenvalue weighted by molar-refractivity contribution is 5.75. The van der Waals surface area contributed by atoms with E-state index in [2.05, 4.69) is 0 Å². The van der Waals surface area contributed by atoms with Crippen molar-refractivity contribution in [2.24, 2.45) is 0 Å². The summed E-state index contributed by atoms with van der Waals surface area (Å²) in [6.07, 6.45) is 0. The number of nitrogens with zero attached hydrogens (tertiary/aromatic N) is 1. The minimum atomic E-state index is 0. The van der Waals surface area contributed by atoms with Crippen molar-refractivity contribution in [1.29, 1.82) is 0 Å². The lowest BCUT2D eigenvalue weighted by molar-refractivity contribution is 1.11. The Kier molecular flexibility index (Phi) is 140000. The maximum atomic E-state index is 0. The van der Waals surface area contributed by atoms with Gasteiger partial charge in [0.25, 0.3) is 0 Å². The first-order valence-electron chi connectivity index (χ1n) is 0. The smallest absolute Gasteiger partial charge is 0.187 e. The molecule has 0 unspecified atom stereocenters.